The minimum absolute atomic E-state index is 0.106. The molecule has 0 unspecified atom stereocenters. The van der Waals surface area contributed by atoms with Crippen LogP contribution in [0.4, 0.5) is 24.8 Å². The molecule has 7 nitrogen and oxygen atoms in total. The summed E-state index contributed by atoms with van der Waals surface area (Å²) in [7, 11) is -4.03. The lowest BCUT2D eigenvalue weighted by Gasteiger charge is -2.09. The average Bonchev–Trinajstić information content (AvgIpc) is 2.38. The number of aromatic nitrogens is 3. The van der Waals surface area contributed by atoms with Gasteiger partial charge in [0.05, 0.1) is 24.3 Å². The molecule has 21 heavy (non-hydrogen) atoms. The molecule has 2 heterocycles. The predicted molar refractivity (Wildman–Crippen MR) is 66.5 cm³/mol. The van der Waals surface area contributed by atoms with Crippen LogP contribution < -0.4 is 10.5 Å². The van der Waals surface area contributed by atoms with Crippen molar-refractivity contribution in [3.8, 4) is 0 Å². The number of nitrogens with two attached hydrogens (primary N) is 1. The monoisotopic (exact) mass is 319 g/mol. The molecule has 2 rings (SSSR count). The van der Waals surface area contributed by atoms with Crippen molar-refractivity contribution < 1.29 is 21.6 Å². The molecule has 0 radical (unpaired) electrons. The zero-order chi connectivity index (χ0) is 15.7. The molecular formula is C10H8F3N5O2S. The topological polar surface area (TPSA) is 111 Å². The van der Waals surface area contributed by atoms with Crippen LogP contribution in [0.5, 0.6) is 0 Å². The van der Waals surface area contributed by atoms with E-state index >= 15 is 0 Å². The van der Waals surface area contributed by atoms with E-state index in [0.717, 1.165) is 24.7 Å². The van der Waals surface area contributed by atoms with E-state index in [4.69, 9.17) is 5.73 Å². The number of anilines is 2. The molecule has 2 aromatic rings. The van der Waals surface area contributed by atoms with E-state index in [9.17, 15) is 21.6 Å². The van der Waals surface area contributed by atoms with Gasteiger partial charge in [-0.2, -0.15) is 13.2 Å². The summed E-state index contributed by atoms with van der Waals surface area (Å²) >= 11 is 0. The number of nitrogens with one attached hydrogen (secondary N) is 1. The Morgan fingerprint density at radius 1 is 1.05 bits per heavy atom. The lowest BCUT2D eigenvalue weighted by molar-refractivity contribution is -0.141. The summed E-state index contributed by atoms with van der Waals surface area (Å²) in [5.74, 6) is -0.106. The van der Waals surface area contributed by atoms with Gasteiger partial charge in [-0.3, -0.25) is 4.72 Å². The fourth-order valence-electron chi connectivity index (χ4n) is 1.30. The van der Waals surface area contributed by atoms with E-state index in [2.05, 4.69) is 19.7 Å². The maximum atomic E-state index is 12.3. The first-order valence-corrected chi connectivity index (χ1v) is 6.80. The first kappa shape index (κ1) is 15.0. The van der Waals surface area contributed by atoms with E-state index in [1.165, 1.54) is 0 Å². The Balaban J connectivity index is 2.23. The van der Waals surface area contributed by atoms with E-state index in [1.807, 2.05) is 0 Å². The van der Waals surface area contributed by atoms with Crippen molar-refractivity contribution in [2.75, 3.05) is 10.5 Å². The van der Waals surface area contributed by atoms with Gasteiger partial charge in [-0.15, -0.1) is 0 Å². The SMILES string of the molecule is Nc1ncc(S(=O)(=O)Nc2ccc(C(F)(F)F)nc2)cn1. The van der Waals surface area contributed by atoms with Crippen molar-refractivity contribution in [2.24, 2.45) is 0 Å². The molecule has 11 heteroatoms. The van der Waals surface area contributed by atoms with Gasteiger partial charge >= 0.3 is 6.18 Å². The van der Waals surface area contributed by atoms with Crippen LogP contribution in [0.2, 0.25) is 0 Å². The Morgan fingerprint density at radius 3 is 2.14 bits per heavy atom. The Morgan fingerprint density at radius 2 is 1.67 bits per heavy atom. The maximum absolute atomic E-state index is 12.3. The van der Waals surface area contributed by atoms with Crippen molar-refractivity contribution in [1.29, 1.82) is 0 Å². The molecule has 0 saturated heterocycles. The second kappa shape index (κ2) is 5.16. The van der Waals surface area contributed by atoms with Crippen molar-refractivity contribution in [3.05, 3.63) is 36.4 Å². The Kier molecular flexibility index (Phi) is 3.68. The molecule has 0 aliphatic rings. The van der Waals surface area contributed by atoms with Gasteiger partial charge in [0.25, 0.3) is 10.0 Å². The van der Waals surface area contributed by atoms with Crippen LogP contribution in [0.1, 0.15) is 5.69 Å². The molecule has 0 bridgehead atoms. The fraction of sp³-hybridized carbons (Fsp3) is 0.100. The summed E-state index contributed by atoms with van der Waals surface area (Å²) in [6.45, 7) is 0. The third kappa shape index (κ3) is 3.56. The van der Waals surface area contributed by atoms with Gasteiger partial charge in [-0.05, 0) is 12.1 Å². The third-order valence-corrected chi connectivity index (χ3v) is 3.60. The van der Waals surface area contributed by atoms with Gasteiger partial charge in [-0.1, -0.05) is 0 Å². The number of halogens is 3. The number of hydrogen-bond acceptors (Lipinski definition) is 6. The molecule has 0 spiro atoms. The molecular weight excluding hydrogens is 311 g/mol. The van der Waals surface area contributed by atoms with Crippen LogP contribution in [-0.4, -0.2) is 23.4 Å². The molecule has 0 saturated carbocycles. The molecule has 0 aliphatic heterocycles. The van der Waals surface area contributed by atoms with Crippen LogP contribution in [0.15, 0.2) is 35.6 Å². The standard InChI is InChI=1S/C10H8F3N5O2S/c11-10(12,13)8-2-1-6(3-15-8)18-21(19,20)7-4-16-9(14)17-5-7/h1-5,18H,(H2,14,16,17). The zero-order valence-electron chi connectivity index (χ0n) is 10.2. The smallest absolute Gasteiger partial charge is 0.368 e. The summed E-state index contributed by atoms with van der Waals surface area (Å²) in [5.41, 5.74) is 3.98. The van der Waals surface area contributed by atoms with Crippen molar-refractivity contribution in [2.45, 2.75) is 11.1 Å². The highest BCUT2D eigenvalue weighted by Crippen LogP contribution is 2.28. The number of alkyl halides is 3. The van der Waals surface area contributed by atoms with Gasteiger partial charge in [0, 0.05) is 0 Å². The van der Waals surface area contributed by atoms with E-state index in [0.29, 0.717) is 6.07 Å². The van der Waals surface area contributed by atoms with E-state index < -0.39 is 21.9 Å². The Bertz CT molecular complexity index is 729. The number of rotatable bonds is 3. The first-order chi connectivity index (χ1) is 9.68. The first-order valence-electron chi connectivity index (χ1n) is 5.32. The maximum Gasteiger partial charge on any atom is 0.433 e. The summed E-state index contributed by atoms with van der Waals surface area (Å²) in [6, 6.07) is 1.61. The normalized spacial score (nSPS) is 12.1. The number of nitrogen functional groups attached to an aromatic ring is 1. The molecule has 2 aromatic heterocycles. The lowest BCUT2D eigenvalue weighted by atomic mass is 10.3. The Labute approximate surface area is 117 Å². The van der Waals surface area contributed by atoms with Crippen LogP contribution in [0, 0.1) is 0 Å². The minimum Gasteiger partial charge on any atom is -0.368 e. The second-order valence-electron chi connectivity index (χ2n) is 3.81. The van der Waals surface area contributed by atoms with Gasteiger partial charge in [0.15, 0.2) is 0 Å². The number of hydrogen-bond donors (Lipinski definition) is 2. The molecule has 112 valence electrons. The Hall–Kier alpha value is -2.43. The number of nitrogens with zero attached hydrogens (tertiary/aromatic N) is 3. The van der Waals surface area contributed by atoms with Crippen LogP contribution in [0.3, 0.4) is 0 Å². The highest BCUT2D eigenvalue weighted by Gasteiger charge is 2.32. The summed E-state index contributed by atoms with van der Waals surface area (Å²) in [5, 5.41) is 0. The highest BCUT2D eigenvalue weighted by atomic mass is 32.2. The predicted octanol–water partition coefficient (Wildman–Crippen LogP) is 1.27. The summed E-state index contributed by atoms with van der Waals surface area (Å²) in [6.07, 6.45) is -1.88. The van der Waals surface area contributed by atoms with Crippen molar-refractivity contribution >= 4 is 21.7 Å². The molecule has 0 fully saturated rings. The number of pyridine rings is 1. The second-order valence-corrected chi connectivity index (χ2v) is 5.49. The molecule has 0 amide bonds. The van der Waals surface area contributed by atoms with Crippen molar-refractivity contribution in [1.82, 2.24) is 15.0 Å². The molecule has 3 N–H and O–H groups in total. The molecule has 0 aromatic carbocycles. The van der Waals surface area contributed by atoms with Gasteiger partial charge in [0.1, 0.15) is 10.6 Å². The minimum atomic E-state index is -4.60. The molecule has 0 aliphatic carbocycles. The quantitative estimate of drug-likeness (QED) is 0.881. The van der Waals surface area contributed by atoms with Crippen LogP contribution in [0.25, 0.3) is 0 Å². The largest absolute Gasteiger partial charge is 0.433 e. The lowest BCUT2D eigenvalue weighted by Crippen LogP contribution is -2.15. The third-order valence-electron chi connectivity index (χ3n) is 2.26. The van der Waals surface area contributed by atoms with Crippen LogP contribution >= 0.6 is 0 Å². The van der Waals surface area contributed by atoms with E-state index in [1.54, 1.807) is 0 Å². The zero-order valence-corrected chi connectivity index (χ0v) is 11.0. The van der Waals surface area contributed by atoms with Crippen LogP contribution in [-0.2, 0) is 16.2 Å². The molecule has 0 atom stereocenters. The van der Waals surface area contributed by atoms with Gasteiger partial charge < -0.3 is 5.73 Å². The summed E-state index contributed by atoms with van der Waals surface area (Å²) < 4.78 is 62.9. The number of sulfonamides is 1. The van der Waals surface area contributed by atoms with E-state index in [-0.39, 0.29) is 16.5 Å². The van der Waals surface area contributed by atoms with Gasteiger partial charge in [-0.25, -0.2) is 23.4 Å². The summed E-state index contributed by atoms with van der Waals surface area (Å²) in [4.78, 5) is 9.89. The fourth-order valence-corrected chi connectivity index (χ4v) is 2.23. The average molecular weight is 319 g/mol. The van der Waals surface area contributed by atoms with Crippen molar-refractivity contribution in [3.63, 3.8) is 0 Å². The van der Waals surface area contributed by atoms with Gasteiger partial charge in [0.2, 0.25) is 5.95 Å². The highest BCUT2D eigenvalue weighted by molar-refractivity contribution is 7.92.